The van der Waals surface area contributed by atoms with Crippen LogP contribution in [-0.2, 0) is 0 Å². The van der Waals surface area contributed by atoms with Gasteiger partial charge in [0.05, 0.1) is 12.3 Å². The molecule has 0 fully saturated rings. The Kier molecular flexibility index (Phi) is 3.68. The Balaban J connectivity index is 3.04. The SMILES string of the molecule is [C-]#[N+]c1c(C)nc(SCCN)[nH]c1=O. The highest BCUT2D eigenvalue weighted by Gasteiger charge is 2.07. The van der Waals surface area contributed by atoms with Gasteiger partial charge >= 0.3 is 0 Å². The molecule has 0 aromatic carbocycles. The molecular weight excluding hydrogens is 200 g/mol. The average Bonchev–Trinajstić information content (AvgIpc) is 2.14. The molecular formula is C8H10N4OS. The molecule has 0 aliphatic carbocycles. The summed E-state index contributed by atoms with van der Waals surface area (Å²) >= 11 is 1.37. The zero-order valence-electron chi connectivity index (χ0n) is 7.70. The zero-order chi connectivity index (χ0) is 10.6. The minimum Gasteiger partial charge on any atom is -0.330 e. The highest BCUT2D eigenvalue weighted by atomic mass is 32.2. The summed E-state index contributed by atoms with van der Waals surface area (Å²) in [5.41, 5.74) is 5.46. The van der Waals surface area contributed by atoms with E-state index in [-0.39, 0.29) is 11.2 Å². The molecule has 0 bridgehead atoms. The van der Waals surface area contributed by atoms with Crippen LogP contribution >= 0.6 is 11.8 Å². The van der Waals surface area contributed by atoms with E-state index in [2.05, 4.69) is 14.8 Å². The molecule has 0 unspecified atom stereocenters. The Morgan fingerprint density at radius 1 is 1.71 bits per heavy atom. The number of H-pyrrole nitrogens is 1. The fraction of sp³-hybridized carbons (Fsp3) is 0.375. The molecule has 74 valence electrons. The quantitative estimate of drug-likeness (QED) is 0.437. The van der Waals surface area contributed by atoms with Crippen molar-refractivity contribution in [2.75, 3.05) is 12.3 Å². The van der Waals surface area contributed by atoms with Gasteiger partial charge in [0.25, 0.3) is 11.2 Å². The molecule has 6 heteroatoms. The Labute approximate surface area is 85.6 Å². The summed E-state index contributed by atoms with van der Waals surface area (Å²) in [5, 5.41) is 0.519. The number of hydrogen-bond donors (Lipinski definition) is 2. The van der Waals surface area contributed by atoms with Crippen molar-refractivity contribution in [1.29, 1.82) is 0 Å². The Morgan fingerprint density at radius 2 is 2.43 bits per heavy atom. The highest BCUT2D eigenvalue weighted by molar-refractivity contribution is 7.99. The summed E-state index contributed by atoms with van der Waals surface area (Å²) in [4.78, 5) is 21.0. The number of aromatic nitrogens is 2. The van der Waals surface area contributed by atoms with Gasteiger partial charge in [-0.3, -0.25) is 4.79 Å². The first-order chi connectivity index (χ1) is 6.69. The second kappa shape index (κ2) is 4.79. The van der Waals surface area contributed by atoms with Crippen LogP contribution < -0.4 is 11.3 Å². The van der Waals surface area contributed by atoms with Crippen LogP contribution in [0.5, 0.6) is 0 Å². The standard InChI is InChI=1S/C8H10N4OS/c1-5-6(10-2)7(13)12-8(11-5)14-4-3-9/h3-4,9H2,1H3,(H,11,12,13). The lowest BCUT2D eigenvalue weighted by Gasteiger charge is -2.01. The number of aryl methyl sites for hydroxylation is 1. The summed E-state index contributed by atoms with van der Waals surface area (Å²) < 4.78 is 0. The van der Waals surface area contributed by atoms with Crippen LogP contribution in [0.4, 0.5) is 5.69 Å². The number of aromatic amines is 1. The third-order valence-electron chi connectivity index (χ3n) is 1.52. The lowest BCUT2D eigenvalue weighted by atomic mass is 10.4. The van der Waals surface area contributed by atoms with Gasteiger partial charge in [-0.2, -0.15) is 0 Å². The molecule has 0 aliphatic rings. The summed E-state index contributed by atoms with van der Waals surface area (Å²) in [6, 6.07) is 0. The Hall–Kier alpha value is -1.32. The molecule has 3 N–H and O–H groups in total. The molecule has 0 saturated carbocycles. The van der Waals surface area contributed by atoms with Crippen molar-refractivity contribution < 1.29 is 0 Å². The smallest absolute Gasteiger partial charge is 0.271 e. The van der Waals surface area contributed by atoms with Crippen LogP contribution in [0.1, 0.15) is 5.69 Å². The molecule has 0 saturated heterocycles. The molecule has 1 aromatic rings. The summed E-state index contributed by atoms with van der Waals surface area (Å²) in [6.45, 7) is 8.95. The Morgan fingerprint density at radius 3 is 2.93 bits per heavy atom. The second-order valence-electron chi connectivity index (χ2n) is 2.55. The number of hydrogen-bond acceptors (Lipinski definition) is 4. The topological polar surface area (TPSA) is 76.1 Å². The van der Waals surface area contributed by atoms with E-state index >= 15 is 0 Å². The van der Waals surface area contributed by atoms with E-state index in [1.807, 2.05) is 0 Å². The van der Waals surface area contributed by atoms with Crippen molar-refractivity contribution in [2.45, 2.75) is 12.1 Å². The first-order valence-electron chi connectivity index (χ1n) is 4.00. The van der Waals surface area contributed by atoms with Gasteiger partial charge in [-0.1, -0.05) is 11.8 Å². The van der Waals surface area contributed by atoms with Gasteiger partial charge in [0.2, 0.25) is 0 Å². The van der Waals surface area contributed by atoms with E-state index < -0.39 is 0 Å². The Bertz CT molecular complexity index is 420. The van der Waals surface area contributed by atoms with Crippen molar-refractivity contribution in [1.82, 2.24) is 9.97 Å². The maximum Gasteiger partial charge on any atom is 0.271 e. The number of thioether (sulfide) groups is 1. The van der Waals surface area contributed by atoms with Crippen molar-refractivity contribution in [3.05, 3.63) is 27.5 Å². The number of nitrogens with two attached hydrogens (primary N) is 1. The number of nitrogens with zero attached hydrogens (tertiary/aromatic N) is 2. The fourth-order valence-electron chi connectivity index (χ4n) is 0.909. The van der Waals surface area contributed by atoms with Crippen molar-refractivity contribution in [3.8, 4) is 0 Å². The second-order valence-corrected chi connectivity index (χ2v) is 3.64. The normalized spacial score (nSPS) is 9.79. The zero-order valence-corrected chi connectivity index (χ0v) is 8.52. The van der Waals surface area contributed by atoms with Gasteiger partial charge in [0, 0.05) is 12.3 Å². The maximum atomic E-state index is 11.3. The fourth-order valence-corrected chi connectivity index (χ4v) is 1.59. The van der Waals surface area contributed by atoms with E-state index in [1.54, 1.807) is 6.92 Å². The lowest BCUT2D eigenvalue weighted by molar-refractivity contribution is 0.912. The number of rotatable bonds is 3. The van der Waals surface area contributed by atoms with Gasteiger partial charge in [0.1, 0.15) is 0 Å². The third kappa shape index (κ3) is 2.34. The summed E-state index contributed by atoms with van der Waals surface area (Å²) in [5.74, 6) is 0.694. The monoisotopic (exact) mass is 210 g/mol. The predicted molar refractivity (Wildman–Crippen MR) is 55.6 cm³/mol. The first kappa shape index (κ1) is 10.8. The van der Waals surface area contributed by atoms with Gasteiger partial charge in [0.15, 0.2) is 5.16 Å². The summed E-state index contributed by atoms with van der Waals surface area (Å²) in [6.07, 6.45) is 0. The van der Waals surface area contributed by atoms with E-state index in [9.17, 15) is 4.79 Å². The van der Waals surface area contributed by atoms with E-state index in [0.29, 0.717) is 23.1 Å². The third-order valence-corrected chi connectivity index (χ3v) is 2.42. The molecule has 1 heterocycles. The van der Waals surface area contributed by atoms with Crippen LogP contribution in [0.25, 0.3) is 4.85 Å². The molecule has 0 amide bonds. The van der Waals surface area contributed by atoms with Crippen molar-refractivity contribution in [2.24, 2.45) is 5.73 Å². The van der Waals surface area contributed by atoms with Gasteiger partial charge in [-0.25, -0.2) is 9.83 Å². The molecule has 1 aromatic heterocycles. The average molecular weight is 210 g/mol. The lowest BCUT2D eigenvalue weighted by Crippen LogP contribution is -2.10. The molecule has 0 radical (unpaired) electrons. The molecule has 0 spiro atoms. The summed E-state index contributed by atoms with van der Waals surface area (Å²) in [7, 11) is 0. The highest BCUT2D eigenvalue weighted by Crippen LogP contribution is 2.15. The largest absolute Gasteiger partial charge is 0.330 e. The molecule has 0 atom stereocenters. The molecule has 1 rings (SSSR count). The molecule has 0 aliphatic heterocycles. The van der Waals surface area contributed by atoms with E-state index in [4.69, 9.17) is 12.3 Å². The number of nitrogens with one attached hydrogen (secondary N) is 1. The maximum absolute atomic E-state index is 11.3. The minimum atomic E-state index is -0.382. The van der Waals surface area contributed by atoms with Crippen molar-refractivity contribution in [3.63, 3.8) is 0 Å². The molecule has 14 heavy (non-hydrogen) atoms. The van der Waals surface area contributed by atoms with Crippen LogP contribution in [0.3, 0.4) is 0 Å². The van der Waals surface area contributed by atoms with E-state index in [0.717, 1.165) is 0 Å². The minimum absolute atomic E-state index is 0.0575. The van der Waals surface area contributed by atoms with Crippen molar-refractivity contribution >= 4 is 17.4 Å². The van der Waals surface area contributed by atoms with Crippen LogP contribution in [0.15, 0.2) is 9.95 Å². The van der Waals surface area contributed by atoms with Gasteiger partial charge in [-0.05, 0) is 6.92 Å². The first-order valence-corrected chi connectivity index (χ1v) is 4.99. The predicted octanol–water partition coefficient (Wildman–Crippen LogP) is 0.680. The van der Waals surface area contributed by atoms with E-state index in [1.165, 1.54) is 11.8 Å². The van der Waals surface area contributed by atoms with Crippen LogP contribution in [-0.4, -0.2) is 22.3 Å². The van der Waals surface area contributed by atoms with Crippen LogP contribution in [0, 0.1) is 13.5 Å². The van der Waals surface area contributed by atoms with Gasteiger partial charge < -0.3 is 10.7 Å². The van der Waals surface area contributed by atoms with Crippen LogP contribution in [0.2, 0.25) is 0 Å². The van der Waals surface area contributed by atoms with Gasteiger partial charge in [-0.15, -0.1) is 0 Å². The molecule has 5 nitrogen and oxygen atoms in total.